The molecule has 2 amide bonds. The Balaban J connectivity index is 1.60. The fraction of sp³-hybridized carbons (Fsp3) is 0.500. The van der Waals surface area contributed by atoms with Crippen LogP contribution in [0.2, 0.25) is 0 Å². The van der Waals surface area contributed by atoms with Gasteiger partial charge in [-0.2, -0.15) is 0 Å². The van der Waals surface area contributed by atoms with Crippen LogP contribution >= 0.6 is 0 Å². The van der Waals surface area contributed by atoms with Gasteiger partial charge in [0.25, 0.3) is 0 Å². The van der Waals surface area contributed by atoms with Gasteiger partial charge in [-0.05, 0) is 55.4 Å². The molecule has 4 heteroatoms. The Labute approximate surface area is 118 Å². The quantitative estimate of drug-likeness (QED) is 0.888. The smallest absolute Gasteiger partial charge is 0.227 e. The van der Waals surface area contributed by atoms with Gasteiger partial charge in [-0.3, -0.25) is 9.59 Å². The van der Waals surface area contributed by atoms with Gasteiger partial charge >= 0.3 is 0 Å². The Hall–Kier alpha value is -1.84. The first-order valence-corrected chi connectivity index (χ1v) is 7.30. The Bertz CT molecular complexity index is 524. The largest absolute Gasteiger partial charge is 0.326 e. The number of hydrogen-bond acceptors (Lipinski definition) is 2. The maximum Gasteiger partial charge on any atom is 0.227 e. The van der Waals surface area contributed by atoms with Crippen LogP contribution in [0.15, 0.2) is 24.3 Å². The Morgan fingerprint density at radius 3 is 2.15 bits per heavy atom. The van der Waals surface area contributed by atoms with E-state index in [1.807, 2.05) is 12.1 Å². The third-order valence-corrected chi connectivity index (χ3v) is 4.55. The monoisotopic (exact) mass is 272 g/mol. The van der Waals surface area contributed by atoms with Crippen molar-refractivity contribution < 1.29 is 9.59 Å². The lowest BCUT2D eigenvalue weighted by Gasteiger charge is -2.20. The summed E-state index contributed by atoms with van der Waals surface area (Å²) in [5, 5.41) is 5.71. The molecule has 3 atom stereocenters. The molecule has 4 nitrogen and oxygen atoms in total. The third-order valence-electron chi connectivity index (χ3n) is 4.55. The van der Waals surface area contributed by atoms with Crippen LogP contribution in [0, 0.1) is 17.8 Å². The van der Waals surface area contributed by atoms with Gasteiger partial charge in [-0.25, -0.2) is 0 Å². The predicted octanol–water partition coefficient (Wildman–Crippen LogP) is 3.02. The molecule has 0 radical (unpaired) electrons. The summed E-state index contributed by atoms with van der Waals surface area (Å²) in [6.45, 7) is 1.48. The maximum absolute atomic E-state index is 12.3. The van der Waals surface area contributed by atoms with Crippen molar-refractivity contribution in [2.75, 3.05) is 10.6 Å². The molecule has 0 spiro atoms. The van der Waals surface area contributed by atoms with Crippen LogP contribution in [-0.2, 0) is 9.59 Å². The van der Waals surface area contributed by atoms with Crippen molar-refractivity contribution in [3.05, 3.63) is 24.3 Å². The van der Waals surface area contributed by atoms with E-state index >= 15 is 0 Å². The number of rotatable bonds is 3. The van der Waals surface area contributed by atoms with Crippen LogP contribution in [0.4, 0.5) is 11.4 Å². The summed E-state index contributed by atoms with van der Waals surface area (Å²) in [5.41, 5.74) is 1.54. The Morgan fingerprint density at radius 1 is 1.00 bits per heavy atom. The predicted molar refractivity (Wildman–Crippen MR) is 78.3 cm³/mol. The highest BCUT2D eigenvalue weighted by Crippen LogP contribution is 2.48. The molecule has 2 N–H and O–H groups in total. The molecular weight excluding hydrogens is 252 g/mol. The molecular formula is C16H20N2O2. The Kier molecular flexibility index (Phi) is 3.47. The average molecular weight is 272 g/mol. The van der Waals surface area contributed by atoms with Crippen molar-refractivity contribution in [1.82, 2.24) is 0 Å². The van der Waals surface area contributed by atoms with Crippen molar-refractivity contribution in [3.8, 4) is 0 Å². The zero-order chi connectivity index (χ0) is 14.1. The molecule has 1 aromatic carbocycles. The molecule has 106 valence electrons. The summed E-state index contributed by atoms with van der Waals surface area (Å²) in [4.78, 5) is 23.2. The summed E-state index contributed by atoms with van der Waals surface area (Å²) in [6.07, 6.45) is 4.81. The number of amides is 2. The molecule has 3 rings (SSSR count). The SMILES string of the molecule is CC(=O)Nc1ccc(NC(=O)[C@H]2C[C@H]3CC[C@H]2C3)cc1. The minimum Gasteiger partial charge on any atom is -0.326 e. The van der Waals surface area contributed by atoms with E-state index in [4.69, 9.17) is 0 Å². The van der Waals surface area contributed by atoms with E-state index in [0.717, 1.165) is 23.7 Å². The fourth-order valence-electron chi connectivity index (χ4n) is 3.64. The van der Waals surface area contributed by atoms with E-state index in [1.54, 1.807) is 12.1 Å². The first-order chi connectivity index (χ1) is 9.61. The van der Waals surface area contributed by atoms with E-state index in [0.29, 0.717) is 5.92 Å². The zero-order valence-corrected chi connectivity index (χ0v) is 11.7. The molecule has 2 bridgehead atoms. The molecule has 2 fully saturated rings. The molecule has 2 saturated carbocycles. The zero-order valence-electron chi connectivity index (χ0n) is 11.7. The normalized spacial score (nSPS) is 27.4. The second-order valence-electron chi connectivity index (χ2n) is 6.03. The van der Waals surface area contributed by atoms with Crippen LogP contribution < -0.4 is 10.6 Å². The standard InChI is InChI=1S/C16H20N2O2/c1-10(19)17-13-4-6-14(7-5-13)18-16(20)15-9-11-2-3-12(15)8-11/h4-7,11-12,15H,2-3,8-9H2,1H3,(H,17,19)(H,18,20)/t11-,12-,15-/m0/s1. The number of nitrogens with one attached hydrogen (secondary N) is 2. The van der Waals surface area contributed by atoms with Crippen LogP contribution in [0.1, 0.15) is 32.6 Å². The minimum atomic E-state index is -0.0937. The minimum absolute atomic E-state index is 0.0937. The number of benzene rings is 1. The molecule has 0 unspecified atom stereocenters. The average Bonchev–Trinajstić information content (AvgIpc) is 3.03. The van der Waals surface area contributed by atoms with Gasteiger partial charge < -0.3 is 10.6 Å². The molecule has 2 aliphatic carbocycles. The van der Waals surface area contributed by atoms with E-state index in [2.05, 4.69) is 10.6 Å². The summed E-state index contributed by atoms with van der Waals surface area (Å²) in [5.74, 6) is 1.63. The molecule has 1 aromatic rings. The highest BCUT2D eigenvalue weighted by molar-refractivity contribution is 5.94. The molecule has 0 aromatic heterocycles. The number of carbonyl (C=O) groups excluding carboxylic acids is 2. The van der Waals surface area contributed by atoms with Crippen LogP contribution in [-0.4, -0.2) is 11.8 Å². The lowest BCUT2D eigenvalue weighted by atomic mass is 9.88. The van der Waals surface area contributed by atoms with Crippen molar-refractivity contribution in [3.63, 3.8) is 0 Å². The highest BCUT2D eigenvalue weighted by Gasteiger charge is 2.42. The van der Waals surface area contributed by atoms with Gasteiger partial charge in [0, 0.05) is 24.2 Å². The van der Waals surface area contributed by atoms with Gasteiger partial charge in [0.1, 0.15) is 0 Å². The molecule has 0 heterocycles. The fourth-order valence-corrected chi connectivity index (χ4v) is 3.64. The maximum atomic E-state index is 12.3. The summed E-state index contributed by atoms with van der Waals surface area (Å²) in [6, 6.07) is 7.27. The van der Waals surface area contributed by atoms with Gasteiger partial charge in [0.15, 0.2) is 0 Å². The summed E-state index contributed by atoms with van der Waals surface area (Å²) < 4.78 is 0. The second kappa shape index (κ2) is 5.27. The number of anilines is 2. The molecule has 0 saturated heterocycles. The van der Waals surface area contributed by atoms with Gasteiger partial charge in [-0.15, -0.1) is 0 Å². The van der Waals surface area contributed by atoms with Crippen molar-refractivity contribution in [1.29, 1.82) is 0 Å². The Morgan fingerprint density at radius 2 is 1.65 bits per heavy atom. The van der Waals surface area contributed by atoms with Gasteiger partial charge in [-0.1, -0.05) is 6.42 Å². The molecule has 20 heavy (non-hydrogen) atoms. The first-order valence-electron chi connectivity index (χ1n) is 7.30. The van der Waals surface area contributed by atoms with E-state index in [9.17, 15) is 9.59 Å². The van der Waals surface area contributed by atoms with Crippen molar-refractivity contribution >= 4 is 23.2 Å². The van der Waals surface area contributed by atoms with Crippen LogP contribution in [0.5, 0.6) is 0 Å². The molecule has 2 aliphatic rings. The molecule has 0 aliphatic heterocycles. The number of carbonyl (C=O) groups is 2. The van der Waals surface area contributed by atoms with Gasteiger partial charge in [0.2, 0.25) is 11.8 Å². The summed E-state index contributed by atoms with van der Waals surface area (Å²) in [7, 11) is 0. The third kappa shape index (κ3) is 2.69. The highest BCUT2D eigenvalue weighted by atomic mass is 16.2. The van der Waals surface area contributed by atoms with E-state index in [1.165, 1.54) is 26.2 Å². The van der Waals surface area contributed by atoms with E-state index in [-0.39, 0.29) is 17.7 Å². The second-order valence-corrected chi connectivity index (χ2v) is 6.03. The summed E-state index contributed by atoms with van der Waals surface area (Å²) >= 11 is 0. The lowest BCUT2D eigenvalue weighted by molar-refractivity contribution is -0.121. The number of fused-ring (bicyclic) bond motifs is 2. The van der Waals surface area contributed by atoms with Gasteiger partial charge in [0.05, 0.1) is 0 Å². The van der Waals surface area contributed by atoms with E-state index < -0.39 is 0 Å². The number of hydrogen-bond donors (Lipinski definition) is 2. The van der Waals surface area contributed by atoms with Crippen LogP contribution in [0.25, 0.3) is 0 Å². The van der Waals surface area contributed by atoms with Crippen LogP contribution in [0.3, 0.4) is 0 Å². The lowest BCUT2D eigenvalue weighted by Crippen LogP contribution is -2.27. The first kappa shape index (κ1) is 13.2. The topological polar surface area (TPSA) is 58.2 Å². The van der Waals surface area contributed by atoms with Crippen molar-refractivity contribution in [2.45, 2.75) is 32.6 Å². The van der Waals surface area contributed by atoms with Crippen molar-refractivity contribution in [2.24, 2.45) is 17.8 Å².